The second-order valence-corrected chi connectivity index (χ2v) is 5.70. The van der Waals surface area contributed by atoms with E-state index in [1.54, 1.807) is 6.20 Å². The van der Waals surface area contributed by atoms with Gasteiger partial charge in [-0.15, -0.1) is 0 Å². The first-order valence-electron chi connectivity index (χ1n) is 7.37. The minimum Gasteiger partial charge on any atom is -0.395 e. The standard InChI is InChI=1S/C15H22N4O/c1-18-7-4-12(5-8-18)11-14-17-13-3-2-6-16-15(13)19(14)9-10-20/h2-3,6,12,20H,4-5,7-11H2,1H3. The number of rotatable bonds is 4. The predicted molar refractivity (Wildman–Crippen MR) is 78.5 cm³/mol. The molecule has 0 aliphatic carbocycles. The summed E-state index contributed by atoms with van der Waals surface area (Å²) in [6.45, 7) is 3.05. The van der Waals surface area contributed by atoms with Crippen LogP contribution in [0, 0.1) is 5.92 Å². The van der Waals surface area contributed by atoms with Gasteiger partial charge in [-0.2, -0.15) is 0 Å². The van der Waals surface area contributed by atoms with Crippen LogP contribution in [0.2, 0.25) is 0 Å². The summed E-state index contributed by atoms with van der Waals surface area (Å²) in [5, 5.41) is 9.28. The molecule has 5 heteroatoms. The number of hydrogen-bond acceptors (Lipinski definition) is 4. The zero-order valence-electron chi connectivity index (χ0n) is 12.0. The van der Waals surface area contributed by atoms with Gasteiger partial charge in [0.1, 0.15) is 11.3 Å². The minimum atomic E-state index is 0.127. The molecule has 2 aromatic rings. The first-order valence-corrected chi connectivity index (χ1v) is 7.37. The van der Waals surface area contributed by atoms with Gasteiger partial charge in [0.15, 0.2) is 5.65 Å². The van der Waals surface area contributed by atoms with E-state index in [0.717, 1.165) is 23.4 Å². The van der Waals surface area contributed by atoms with Gasteiger partial charge in [-0.05, 0) is 51.0 Å². The van der Waals surface area contributed by atoms with Gasteiger partial charge in [-0.3, -0.25) is 0 Å². The van der Waals surface area contributed by atoms with Gasteiger partial charge >= 0.3 is 0 Å². The second-order valence-electron chi connectivity index (χ2n) is 5.70. The maximum absolute atomic E-state index is 9.28. The van der Waals surface area contributed by atoms with Crippen molar-refractivity contribution in [2.45, 2.75) is 25.8 Å². The Morgan fingerprint density at radius 3 is 2.90 bits per heavy atom. The SMILES string of the molecule is CN1CCC(Cc2nc3cccnc3n2CCO)CC1. The number of nitrogens with zero attached hydrogens (tertiary/aromatic N) is 4. The van der Waals surface area contributed by atoms with Crippen LogP contribution < -0.4 is 0 Å². The molecule has 0 unspecified atom stereocenters. The lowest BCUT2D eigenvalue weighted by Gasteiger charge is -2.28. The summed E-state index contributed by atoms with van der Waals surface area (Å²) in [5.41, 5.74) is 1.83. The zero-order chi connectivity index (χ0) is 13.9. The molecule has 3 rings (SSSR count). The van der Waals surface area contributed by atoms with Crippen molar-refractivity contribution in [3.05, 3.63) is 24.2 Å². The molecule has 108 valence electrons. The molecule has 0 bridgehead atoms. The molecule has 2 aromatic heterocycles. The highest BCUT2D eigenvalue weighted by molar-refractivity contribution is 5.71. The van der Waals surface area contributed by atoms with E-state index in [1.165, 1.54) is 25.9 Å². The Balaban J connectivity index is 1.84. The third kappa shape index (κ3) is 2.69. The van der Waals surface area contributed by atoms with Crippen molar-refractivity contribution in [2.24, 2.45) is 5.92 Å². The number of aliphatic hydroxyl groups is 1. The first-order chi connectivity index (χ1) is 9.78. The normalized spacial score (nSPS) is 17.9. The summed E-state index contributed by atoms with van der Waals surface area (Å²) in [7, 11) is 2.18. The number of likely N-dealkylation sites (tertiary alicyclic amines) is 1. The van der Waals surface area contributed by atoms with E-state index in [4.69, 9.17) is 4.98 Å². The van der Waals surface area contributed by atoms with E-state index in [2.05, 4.69) is 21.5 Å². The number of fused-ring (bicyclic) bond motifs is 1. The monoisotopic (exact) mass is 274 g/mol. The topological polar surface area (TPSA) is 54.2 Å². The van der Waals surface area contributed by atoms with Crippen LogP contribution in [0.4, 0.5) is 0 Å². The van der Waals surface area contributed by atoms with Crippen molar-refractivity contribution in [1.82, 2.24) is 19.4 Å². The summed E-state index contributed by atoms with van der Waals surface area (Å²) in [6, 6.07) is 3.91. The van der Waals surface area contributed by atoms with Gasteiger partial charge in [0.25, 0.3) is 0 Å². The molecule has 3 heterocycles. The summed E-state index contributed by atoms with van der Waals surface area (Å²) in [6.07, 6.45) is 5.24. The minimum absolute atomic E-state index is 0.127. The Hall–Kier alpha value is -1.46. The van der Waals surface area contributed by atoms with Crippen LogP contribution in [0.3, 0.4) is 0 Å². The summed E-state index contributed by atoms with van der Waals surface area (Å²) in [5.74, 6) is 1.77. The Morgan fingerprint density at radius 2 is 2.15 bits per heavy atom. The third-order valence-corrected chi connectivity index (χ3v) is 4.22. The van der Waals surface area contributed by atoms with E-state index in [1.807, 2.05) is 12.1 Å². The van der Waals surface area contributed by atoms with E-state index < -0.39 is 0 Å². The number of hydrogen-bond donors (Lipinski definition) is 1. The second kappa shape index (κ2) is 5.89. The maximum atomic E-state index is 9.28. The van der Waals surface area contributed by atoms with Gasteiger partial charge < -0.3 is 14.6 Å². The number of aliphatic hydroxyl groups excluding tert-OH is 1. The molecular formula is C15H22N4O. The number of pyridine rings is 1. The summed E-state index contributed by atoms with van der Waals surface area (Å²) < 4.78 is 2.08. The lowest BCUT2D eigenvalue weighted by atomic mass is 9.93. The zero-order valence-corrected chi connectivity index (χ0v) is 12.0. The molecule has 5 nitrogen and oxygen atoms in total. The molecule has 1 saturated heterocycles. The highest BCUT2D eigenvalue weighted by Gasteiger charge is 2.20. The van der Waals surface area contributed by atoms with E-state index in [0.29, 0.717) is 12.5 Å². The van der Waals surface area contributed by atoms with E-state index in [9.17, 15) is 5.11 Å². The third-order valence-electron chi connectivity index (χ3n) is 4.22. The molecule has 0 amide bonds. The molecule has 0 spiro atoms. The van der Waals surface area contributed by atoms with E-state index in [-0.39, 0.29) is 6.61 Å². The molecule has 0 radical (unpaired) electrons. The lowest BCUT2D eigenvalue weighted by molar-refractivity contribution is 0.215. The molecular weight excluding hydrogens is 252 g/mol. The number of piperidine rings is 1. The van der Waals surface area contributed by atoms with Crippen molar-refractivity contribution in [2.75, 3.05) is 26.7 Å². The van der Waals surface area contributed by atoms with Gasteiger partial charge in [0.05, 0.1) is 6.61 Å². The predicted octanol–water partition coefficient (Wildman–Crippen LogP) is 1.31. The van der Waals surface area contributed by atoms with Crippen molar-refractivity contribution in [3.8, 4) is 0 Å². The van der Waals surface area contributed by atoms with Crippen LogP contribution >= 0.6 is 0 Å². The Labute approximate surface area is 119 Å². The Kier molecular flexibility index (Phi) is 3.98. The quantitative estimate of drug-likeness (QED) is 0.913. The maximum Gasteiger partial charge on any atom is 0.160 e. The Morgan fingerprint density at radius 1 is 1.35 bits per heavy atom. The van der Waals surface area contributed by atoms with Crippen LogP contribution in [-0.2, 0) is 13.0 Å². The molecule has 0 saturated carbocycles. The molecule has 0 atom stereocenters. The highest BCUT2D eigenvalue weighted by atomic mass is 16.3. The lowest BCUT2D eigenvalue weighted by Crippen LogP contribution is -2.31. The molecule has 1 aliphatic rings. The van der Waals surface area contributed by atoms with Crippen molar-refractivity contribution >= 4 is 11.2 Å². The van der Waals surface area contributed by atoms with Crippen LogP contribution in [0.5, 0.6) is 0 Å². The van der Waals surface area contributed by atoms with Gasteiger partial charge in [0, 0.05) is 19.2 Å². The smallest absolute Gasteiger partial charge is 0.160 e. The summed E-state index contributed by atoms with van der Waals surface area (Å²) >= 11 is 0. The largest absolute Gasteiger partial charge is 0.395 e. The fourth-order valence-electron chi connectivity index (χ4n) is 3.02. The fraction of sp³-hybridized carbons (Fsp3) is 0.600. The molecule has 20 heavy (non-hydrogen) atoms. The van der Waals surface area contributed by atoms with Gasteiger partial charge in [-0.25, -0.2) is 9.97 Å². The van der Waals surface area contributed by atoms with Crippen LogP contribution in [0.25, 0.3) is 11.2 Å². The van der Waals surface area contributed by atoms with Crippen molar-refractivity contribution in [3.63, 3.8) is 0 Å². The van der Waals surface area contributed by atoms with Gasteiger partial charge in [0.2, 0.25) is 0 Å². The van der Waals surface area contributed by atoms with Crippen LogP contribution in [-0.4, -0.2) is 51.3 Å². The average molecular weight is 274 g/mol. The van der Waals surface area contributed by atoms with Crippen molar-refractivity contribution in [1.29, 1.82) is 0 Å². The highest BCUT2D eigenvalue weighted by Crippen LogP contribution is 2.22. The molecule has 0 aromatic carbocycles. The van der Waals surface area contributed by atoms with Crippen LogP contribution in [0.1, 0.15) is 18.7 Å². The van der Waals surface area contributed by atoms with Crippen molar-refractivity contribution < 1.29 is 5.11 Å². The molecule has 1 aliphatic heterocycles. The molecule has 1 N–H and O–H groups in total. The number of imidazole rings is 1. The first kappa shape index (κ1) is 13.5. The Bertz CT molecular complexity index is 572. The summed E-state index contributed by atoms with van der Waals surface area (Å²) in [4.78, 5) is 11.5. The van der Waals surface area contributed by atoms with E-state index >= 15 is 0 Å². The number of aromatic nitrogens is 3. The van der Waals surface area contributed by atoms with Gasteiger partial charge in [-0.1, -0.05) is 0 Å². The van der Waals surface area contributed by atoms with Crippen LogP contribution in [0.15, 0.2) is 18.3 Å². The fourth-order valence-corrected chi connectivity index (χ4v) is 3.02. The molecule has 1 fully saturated rings. The average Bonchev–Trinajstić information content (AvgIpc) is 2.80.